The molecule has 0 spiro atoms. The number of hydrogen-bond acceptors (Lipinski definition) is 7. The van der Waals surface area contributed by atoms with Crippen LogP contribution in [0.25, 0.3) is 0 Å². The molecule has 5 rings (SSSR count). The second-order valence-corrected chi connectivity index (χ2v) is 10.3. The lowest BCUT2D eigenvalue weighted by Gasteiger charge is -2.38. The highest BCUT2D eigenvalue weighted by molar-refractivity contribution is 8.16. The predicted molar refractivity (Wildman–Crippen MR) is 146 cm³/mol. The molecule has 1 atom stereocenters. The number of amidine groups is 1. The van der Waals surface area contributed by atoms with Gasteiger partial charge < -0.3 is 14.5 Å². The van der Waals surface area contributed by atoms with Gasteiger partial charge in [0.05, 0.1) is 30.3 Å². The largest absolute Gasteiger partial charge is 0.463 e. The first-order valence-corrected chi connectivity index (χ1v) is 13.7. The number of piperazine rings is 1. The van der Waals surface area contributed by atoms with Crippen molar-refractivity contribution in [1.29, 1.82) is 0 Å². The molecule has 2 aromatic carbocycles. The Morgan fingerprint density at radius 3 is 2.47 bits per heavy atom. The zero-order chi connectivity index (χ0) is 26.6. The number of nitrogens with zero attached hydrogens (tertiary/aromatic N) is 4. The fraction of sp³-hybridized carbons (Fsp3) is 0.345. The van der Waals surface area contributed by atoms with E-state index >= 15 is 4.39 Å². The molecule has 0 N–H and O–H groups in total. The van der Waals surface area contributed by atoms with Crippen molar-refractivity contribution in [2.75, 3.05) is 32.8 Å². The van der Waals surface area contributed by atoms with E-state index in [4.69, 9.17) is 4.74 Å². The van der Waals surface area contributed by atoms with Gasteiger partial charge in [-0.15, -0.1) is 0 Å². The van der Waals surface area contributed by atoms with E-state index in [1.54, 1.807) is 32.0 Å². The van der Waals surface area contributed by atoms with Crippen molar-refractivity contribution in [2.45, 2.75) is 32.9 Å². The van der Waals surface area contributed by atoms with Gasteiger partial charge in [0.15, 0.2) is 5.17 Å². The summed E-state index contributed by atoms with van der Waals surface area (Å²) in [4.78, 5) is 37.1. The monoisotopic (exact) mass is 534 g/mol. The summed E-state index contributed by atoms with van der Waals surface area (Å²) in [6.45, 7) is 7.44. The Labute approximate surface area is 226 Å². The average Bonchev–Trinajstić information content (AvgIpc) is 3.31. The quantitative estimate of drug-likeness (QED) is 0.480. The summed E-state index contributed by atoms with van der Waals surface area (Å²) in [6, 6.07) is 16.0. The molecule has 1 amide bonds. The summed E-state index contributed by atoms with van der Waals surface area (Å²) in [5.41, 5.74) is 3.09. The lowest BCUT2D eigenvalue weighted by molar-refractivity contribution is -0.139. The Kier molecular flexibility index (Phi) is 7.95. The molecule has 38 heavy (non-hydrogen) atoms. The van der Waals surface area contributed by atoms with E-state index in [9.17, 15) is 9.59 Å². The zero-order valence-electron chi connectivity index (χ0n) is 21.6. The van der Waals surface area contributed by atoms with Crippen LogP contribution in [-0.2, 0) is 20.9 Å². The first-order chi connectivity index (χ1) is 18.5. The SMILES string of the molecule is CCOC(=O)C1=C(C)N=C2SC=C(CC(=O)N3CCN(Cc4ccccc4)CC3)N2[C@H]1c1ccccc1F. The van der Waals surface area contributed by atoms with E-state index in [0.29, 0.717) is 35.2 Å². The number of benzene rings is 2. The van der Waals surface area contributed by atoms with E-state index in [0.717, 1.165) is 19.6 Å². The predicted octanol–water partition coefficient (Wildman–Crippen LogP) is 4.70. The Bertz CT molecular complexity index is 1300. The standard InChI is InChI=1S/C29H31FN4O3S/c1-3-37-28(36)26-20(2)31-29-34(27(26)23-11-7-8-12-24(23)30)22(19-38-29)17-25(35)33-15-13-32(14-16-33)18-21-9-5-4-6-10-21/h4-12,19,27H,3,13-18H2,1-2H3/t27-/m0/s1. The fourth-order valence-corrected chi connectivity index (χ4v) is 6.06. The number of halogens is 1. The third-order valence-electron chi connectivity index (χ3n) is 7.00. The number of fused-ring (bicyclic) bond motifs is 1. The third kappa shape index (κ3) is 5.39. The Hall–Kier alpha value is -3.43. The van der Waals surface area contributed by atoms with Gasteiger partial charge in [-0.25, -0.2) is 14.2 Å². The average molecular weight is 535 g/mol. The summed E-state index contributed by atoms with van der Waals surface area (Å²) in [5, 5.41) is 2.51. The van der Waals surface area contributed by atoms with Crippen LogP contribution in [0.3, 0.4) is 0 Å². The minimum Gasteiger partial charge on any atom is -0.463 e. The van der Waals surface area contributed by atoms with Crippen molar-refractivity contribution in [2.24, 2.45) is 4.99 Å². The molecule has 0 bridgehead atoms. The number of ether oxygens (including phenoxy) is 1. The molecule has 3 heterocycles. The number of hydrogen-bond donors (Lipinski definition) is 0. The maximum absolute atomic E-state index is 15.1. The summed E-state index contributed by atoms with van der Waals surface area (Å²) in [6.07, 6.45) is 0.144. The van der Waals surface area contributed by atoms with Crippen LogP contribution < -0.4 is 0 Å². The van der Waals surface area contributed by atoms with Crippen molar-refractivity contribution in [3.05, 3.63) is 93.9 Å². The Morgan fingerprint density at radius 1 is 1.05 bits per heavy atom. The molecule has 1 saturated heterocycles. The third-order valence-corrected chi connectivity index (χ3v) is 7.89. The van der Waals surface area contributed by atoms with E-state index < -0.39 is 17.8 Å². The van der Waals surface area contributed by atoms with Crippen molar-refractivity contribution in [1.82, 2.24) is 14.7 Å². The number of carbonyl (C=O) groups is 2. The van der Waals surface area contributed by atoms with Gasteiger partial charge in [-0.3, -0.25) is 9.69 Å². The van der Waals surface area contributed by atoms with Gasteiger partial charge in [-0.1, -0.05) is 60.3 Å². The van der Waals surface area contributed by atoms with Crippen LogP contribution in [0.1, 0.15) is 37.4 Å². The van der Waals surface area contributed by atoms with Crippen molar-refractivity contribution in [3.8, 4) is 0 Å². The van der Waals surface area contributed by atoms with Gasteiger partial charge in [0, 0.05) is 44.0 Å². The normalized spacial score (nSPS) is 19.7. The summed E-state index contributed by atoms with van der Waals surface area (Å²) < 4.78 is 20.4. The van der Waals surface area contributed by atoms with Crippen LogP contribution in [0, 0.1) is 5.82 Å². The second-order valence-electron chi connectivity index (χ2n) is 9.45. The number of aliphatic imine (C=N–C) groups is 1. The van der Waals surface area contributed by atoms with Crippen LogP contribution in [0.5, 0.6) is 0 Å². The molecule has 0 saturated carbocycles. The van der Waals surface area contributed by atoms with E-state index in [1.807, 2.05) is 33.4 Å². The van der Waals surface area contributed by atoms with Crippen LogP contribution in [0.4, 0.5) is 4.39 Å². The topological polar surface area (TPSA) is 65.5 Å². The van der Waals surface area contributed by atoms with Crippen LogP contribution in [-0.4, -0.2) is 64.5 Å². The van der Waals surface area contributed by atoms with Gasteiger partial charge >= 0.3 is 5.97 Å². The molecule has 0 radical (unpaired) electrons. The zero-order valence-corrected chi connectivity index (χ0v) is 22.4. The van der Waals surface area contributed by atoms with Gasteiger partial charge in [-0.05, 0) is 30.9 Å². The molecule has 2 aromatic rings. The molecule has 9 heteroatoms. The molecule has 7 nitrogen and oxygen atoms in total. The van der Waals surface area contributed by atoms with Crippen molar-refractivity contribution < 1.29 is 18.7 Å². The Balaban J connectivity index is 1.32. The van der Waals surface area contributed by atoms with Crippen LogP contribution in [0.15, 0.2) is 82.0 Å². The maximum atomic E-state index is 15.1. The molecule has 3 aliphatic heterocycles. The minimum absolute atomic E-state index is 0.00806. The molecule has 1 fully saturated rings. The highest BCUT2D eigenvalue weighted by Crippen LogP contribution is 2.45. The number of esters is 1. The van der Waals surface area contributed by atoms with Gasteiger partial charge in [0.25, 0.3) is 0 Å². The number of thioether (sulfide) groups is 1. The number of allylic oxidation sites excluding steroid dienone is 1. The van der Waals surface area contributed by atoms with Gasteiger partial charge in [-0.2, -0.15) is 0 Å². The Morgan fingerprint density at radius 2 is 1.76 bits per heavy atom. The van der Waals surface area contributed by atoms with Gasteiger partial charge in [0.2, 0.25) is 5.91 Å². The number of amides is 1. The molecular weight excluding hydrogens is 503 g/mol. The number of carbonyl (C=O) groups excluding carboxylic acids is 2. The summed E-state index contributed by atoms with van der Waals surface area (Å²) >= 11 is 1.39. The molecule has 0 aromatic heterocycles. The lowest BCUT2D eigenvalue weighted by Crippen LogP contribution is -2.48. The summed E-state index contributed by atoms with van der Waals surface area (Å²) in [7, 11) is 0. The van der Waals surface area contributed by atoms with E-state index in [2.05, 4.69) is 22.0 Å². The lowest BCUT2D eigenvalue weighted by atomic mass is 9.93. The highest BCUT2D eigenvalue weighted by atomic mass is 32.2. The van der Waals surface area contributed by atoms with Crippen molar-refractivity contribution >= 4 is 28.8 Å². The smallest absolute Gasteiger partial charge is 0.338 e. The minimum atomic E-state index is -0.764. The van der Waals surface area contributed by atoms with Gasteiger partial charge in [0.1, 0.15) is 5.82 Å². The molecule has 3 aliphatic rings. The maximum Gasteiger partial charge on any atom is 0.338 e. The molecular formula is C29H31FN4O3S. The highest BCUT2D eigenvalue weighted by Gasteiger charge is 2.42. The van der Waals surface area contributed by atoms with Crippen LogP contribution in [0.2, 0.25) is 0 Å². The second kappa shape index (κ2) is 11.5. The molecule has 0 unspecified atom stereocenters. The molecule has 198 valence electrons. The first kappa shape index (κ1) is 26.2. The first-order valence-electron chi connectivity index (χ1n) is 12.9. The fourth-order valence-electron chi connectivity index (χ4n) is 5.09. The van der Waals surface area contributed by atoms with Crippen molar-refractivity contribution in [3.63, 3.8) is 0 Å². The molecule has 0 aliphatic carbocycles. The number of rotatable bonds is 7. The van der Waals surface area contributed by atoms with Crippen LogP contribution >= 0.6 is 11.8 Å². The summed E-state index contributed by atoms with van der Waals surface area (Å²) in [5.74, 6) is -0.947. The van der Waals surface area contributed by atoms with E-state index in [1.165, 1.54) is 23.4 Å². The van der Waals surface area contributed by atoms with E-state index in [-0.39, 0.29) is 24.5 Å².